The Morgan fingerprint density at radius 2 is 1.92 bits per heavy atom. The summed E-state index contributed by atoms with van der Waals surface area (Å²) in [6, 6.07) is 0. The molecule has 0 amide bonds. The van der Waals surface area contributed by atoms with Gasteiger partial charge in [-0.25, -0.2) is 4.79 Å². The van der Waals surface area contributed by atoms with Gasteiger partial charge in [0.1, 0.15) is 5.60 Å². The maximum absolute atomic E-state index is 12.2. The molecular formula is C20H28O4. The molecule has 0 N–H and O–H groups in total. The van der Waals surface area contributed by atoms with E-state index in [1.54, 1.807) is 0 Å². The van der Waals surface area contributed by atoms with E-state index in [9.17, 15) is 4.79 Å². The average molecular weight is 332 g/mol. The fourth-order valence-corrected chi connectivity index (χ4v) is 4.47. The second-order valence-electron chi connectivity index (χ2n) is 8.41. The summed E-state index contributed by atoms with van der Waals surface area (Å²) in [5, 5.41) is 0. The third-order valence-corrected chi connectivity index (χ3v) is 6.53. The molecule has 4 aliphatic rings. The number of ether oxygens (including phenoxy) is 3. The number of carbonyl (C=O) groups excluding carboxylic acids is 1. The number of epoxide rings is 2. The van der Waals surface area contributed by atoms with E-state index in [1.807, 2.05) is 6.92 Å². The van der Waals surface area contributed by atoms with Gasteiger partial charge in [0.15, 0.2) is 11.7 Å². The van der Waals surface area contributed by atoms with Gasteiger partial charge in [-0.05, 0) is 72.3 Å². The molecule has 0 radical (unpaired) electrons. The lowest BCUT2D eigenvalue weighted by Gasteiger charge is -2.18. The summed E-state index contributed by atoms with van der Waals surface area (Å²) in [6.45, 7) is 8.40. The molecule has 0 unspecified atom stereocenters. The lowest BCUT2D eigenvalue weighted by atomic mass is 9.85. The van der Waals surface area contributed by atoms with Crippen LogP contribution in [0.2, 0.25) is 0 Å². The summed E-state index contributed by atoms with van der Waals surface area (Å²) in [6.07, 6.45) is 10.5. The van der Waals surface area contributed by atoms with E-state index in [0.717, 1.165) is 38.5 Å². The van der Waals surface area contributed by atoms with Crippen LogP contribution in [0.4, 0.5) is 0 Å². The first-order valence-electron chi connectivity index (χ1n) is 9.21. The maximum Gasteiger partial charge on any atom is 0.342 e. The maximum atomic E-state index is 12.2. The molecule has 3 fully saturated rings. The largest absolute Gasteiger partial charge is 0.453 e. The third-order valence-electron chi connectivity index (χ3n) is 6.53. The molecule has 3 aliphatic heterocycles. The number of carbonyl (C=O) groups is 1. The van der Waals surface area contributed by atoms with E-state index in [-0.39, 0.29) is 17.7 Å². The van der Waals surface area contributed by atoms with Crippen molar-refractivity contribution in [2.75, 3.05) is 0 Å². The lowest BCUT2D eigenvalue weighted by molar-refractivity contribution is -0.152. The van der Waals surface area contributed by atoms with Gasteiger partial charge < -0.3 is 14.2 Å². The predicted molar refractivity (Wildman–Crippen MR) is 90.6 cm³/mol. The first kappa shape index (κ1) is 16.3. The summed E-state index contributed by atoms with van der Waals surface area (Å²) >= 11 is 0. The van der Waals surface area contributed by atoms with Crippen LogP contribution in [-0.2, 0) is 19.0 Å². The van der Waals surface area contributed by atoms with Crippen LogP contribution >= 0.6 is 0 Å². The summed E-state index contributed by atoms with van der Waals surface area (Å²) in [7, 11) is 0. The number of allylic oxidation sites excluding steroid dienone is 3. The van der Waals surface area contributed by atoms with Crippen molar-refractivity contribution in [2.45, 2.75) is 95.2 Å². The van der Waals surface area contributed by atoms with Crippen LogP contribution in [0.25, 0.3) is 0 Å². The van der Waals surface area contributed by atoms with Crippen molar-refractivity contribution in [3.8, 4) is 0 Å². The Morgan fingerprint density at radius 1 is 1.12 bits per heavy atom. The van der Waals surface area contributed by atoms with Gasteiger partial charge >= 0.3 is 5.97 Å². The molecule has 24 heavy (non-hydrogen) atoms. The molecule has 3 saturated heterocycles. The van der Waals surface area contributed by atoms with Crippen LogP contribution in [0.1, 0.15) is 66.2 Å². The van der Waals surface area contributed by atoms with Gasteiger partial charge in [0.25, 0.3) is 0 Å². The zero-order valence-electron chi connectivity index (χ0n) is 15.2. The number of rotatable bonds is 0. The Morgan fingerprint density at radius 3 is 2.67 bits per heavy atom. The van der Waals surface area contributed by atoms with Crippen molar-refractivity contribution in [1.29, 1.82) is 0 Å². The zero-order chi connectivity index (χ0) is 17.2. The highest BCUT2D eigenvalue weighted by molar-refractivity contribution is 5.88. The van der Waals surface area contributed by atoms with Gasteiger partial charge in [-0.3, -0.25) is 0 Å². The van der Waals surface area contributed by atoms with E-state index >= 15 is 0 Å². The highest BCUT2D eigenvalue weighted by atomic mass is 16.7. The van der Waals surface area contributed by atoms with Crippen molar-refractivity contribution in [3.63, 3.8) is 0 Å². The smallest absolute Gasteiger partial charge is 0.342 e. The van der Waals surface area contributed by atoms with Gasteiger partial charge in [-0.15, -0.1) is 0 Å². The van der Waals surface area contributed by atoms with E-state index in [0.29, 0.717) is 6.10 Å². The molecule has 0 aromatic rings. The van der Waals surface area contributed by atoms with Crippen molar-refractivity contribution in [3.05, 3.63) is 23.3 Å². The molecule has 3 heterocycles. The lowest BCUT2D eigenvalue weighted by Crippen LogP contribution is -2.29. The second kappa shape index (κ2) is 5.18. The van der Waals surface area contributed by atoms with E-state index in [4.69, 9.17) is 14.2 Å². The van der Waals surface area contributed by atoms with Crippen molar-refractivity contribution in [2.24, 2.45) is 0 Å². The Kier molecular flexibility index (Phi) is 3.53. The minimum atomic E-state index is -0.746. The predicted octanol–water partition coefficient (Wildman–Crippen LogP) is 3.84. The van der Waals surface area contributed by atoms with Crippen molar-refractivity contribution < 1.29 is 19.0 Å². The average Bonchev–Trinajstić information content (AvgIpc) is 3.34. The molecule has 0 aromatic heterocycles. The van der Waals surface area contributed by atoms with Crippen LogP contribution in [0.3, 0.4) is 0 Å². The number of fused-ring (bicyclic) bond motifs is 1. The summed E-state index contributed by atoms with van der Waals surface area (Å²) in [5.41, 5.74) is 1.47. The molecular weight excluding hydrogens is 304 g/mol. The van der Waals surface area contributed by atoms with Gasteiger partial charge in [0, 0.05) is 0 Å². The Labute approximate surface area is 144 Å². The first-order chi connectivity index (χ1) is 11.3. The fourth-order valence-electron chi connectivity index (χ4n) is 4.47. The van der Waals surface area contributed by atoms with Crippen molar-refractivity contribution in [1.82, 2.24) is 0 Å². The first-order valence-corrected chi connectivity index (χ1v) is 9.21. The SMILES string of the molecule is CC1=C[C@H]2OC(=O)[C@@]3(C)O[C@@]23CCC(C)=CCC[C@]2(C)O[C@H]2CC1. The van der Waals surface area contributed by atoms with Gasteiger partial charge in [-0.2, -0.15) is 0 Å². The normalized spacial score (nSPS) is 48.1. The molecule has 0 aromatic carbocycles. The van der Waals surface area contributed by atoms with Crippen LogP contribution in [0, 0.1) is 0 Å². The van der Waals surface area contributed by atoms with Crippen LogP contribution in [0.5, 0.6) is 0 Å². The highest BCUT2D eigenvalue weighted by Crippen LogP contribution is 2.60. The molecule has 132 valence electrons. The summed E-state index contributed by atoms with van der Waals surface area (Å²) < 4.78 is 17.6. The molecule has 0 bridgehead atoms. The van der Waals surface area contributed by atoms with Crippen LogP contribution in [-0.4, -0.2) is 35.0 Å². The standard InChI is InChI=1S/C20H28O4/c1-13-6-5-10-18(3)15(23-18)8-7-14(2)12-16-20(11-9-13)19(4,24-20)17(21)22-16/h6,12,15-16H,5,7-11H2,1-4H3/t15-,16+,18-,19+,20-/m0/s1. The fraction of sp³-hybridized carbons (Fsp3) is 0.750. The van der Waals surface area contributed by atoms with Gasteiger partial charge in [0.2, 0.25) is 0 Å². The van der Waals surface area contributed by atoms with E-state index in [2.05, 4.69) is 32.9 Å². The molecule has 1 aliphatic carbocycles. The Balaban J connectivity index is 1.58. The monoisotopic (exact) mass is 332 g/mol. The van der Waals surface area contributed by atoms with E-state index in [1.165, 1.54) is 11.1 Å². The van der Waals surface area contributed by atoms with Crippen molar-refractivity contribution >= 4 is 5.97 Å². The summed E-state index contributed by atoms with van der Waals surface area (Å²) in [4.78, 5) is 12.2. The Hall–Kier alpha value is -1.13. The van der Waals surface area contributed by atoms with Crippen LogP contribution < -0.4 is 0 Å². The van der Waals surface area contributed by atoms with E-state index < -0.39 is 11.2 Å². The third kappa shape index (κ3) is 2.38. The molecule has 4 rings (SSSR count). The molecule has 5 atom stereocenters. The number of hydrogen-bond donors (Lipinski definition) is 0. The molecule has 0 saturated carbocycles. The van der Waals surface area contributed by atoms with Gasteiger partial charge in [0.05, 0.1) is 11.7 Å². The topological polar surface area (TPSA) is 51.4 Å². The molecule has 1 spiro atoms. The highest BCUT2D eigenvalue weighted by Gasteiger charge is 2.80. The second-order valence-corrected chi connectivity index (χ2v) is 8.41. The molecule has 4 nitrogen and oxygen atoms in total. The van der Waals surface area contributed by atoms with Gasteiger partial charge in [-0.1, -0.05) is 17.2 Å². The minimum absolute atomic E-state index is 0.0560. The number of esters is 1. The Bertz CT molecular complexity index is 636. The molecule has 4 heteroatoms. The summed E-state index contributed by atoms with van der Waals surface area (Å²) in [5.74, 6) is -0.208. The quantitative estimate of drug-likeness (QED) is 0.384. The minimum Gasteiger partial charge on any atom is -0.453 e. The number of hydrogen-bond acceptors (Lipinski definition) is 4. The van der Waals surface area contributed by atoms with Crippen LogP contribution in [0.15, 0.2) is 23.3 Å². The zero-order valence-corrected chi connectivity index (χ0v) is 15.2.